The summed E-state index contributed by atoms with van der Waals surface area (Å²) < 4.78 is 24.6. The Balaban J connectivity index is 1.89. The van der Waals surface area contributed by atoms with Gasteiger partial charge in [0.25, 0.3) is 0 Å². The number of fused-ring (bicyclic) bond motifs is 1. The maximum absolute atomic E-state index is 13.7. The maximum Gasteiger partial charge on any atom is 0.138 e. The number of para-hydroxylation sites is 1. The van der Waals surface area contributed by atoms with Gasteiger partial charge in [-0.15, -0.1) is 0 Å². The number of hydrogen-bond donors (Lipinski definition) is 0. The van der Waals surface area contributed by atoms with Crippen molar-refractivity contribution in [3.8, 4) is 5.75 Å². The van der Waals surface area contributed by atoms with Crippen molar-refractivity contribution in [2.45, 2.75) is 6.61 Å². The van der Waals surface area contributed by atoms with Gasteiger partial charge in [0.05, 0.1) is 16.7 Å². The van der Waals surface area contributed by atoms with Crippen molar-refractivity contribution in [1.29, 1.82) is 0 Å². The molecule has 0 fully saturated rings. The molecule has 0 spiro atoms. The minimum absolute atomic E-state index is 0.206. The molecule has 19 heavy (non-hydrogen) atoms. The minimum atomic E-state index is -0.316. The predicted molar refractivity (Wildman–Crippen MR) is 72.0 cm³/mol. The molecule has 0 saturated carbocycles. The summed E-state index contributed by atoms with van der Waals surface area (Å²) in [7, 11) is 0. The van der Waals surface area contributed by atoms with E-state index in [2.05, 4.69) is 0 Å². The predicted octanol–water partition coefficient (Wildman–Crippen LogP) is 4.80. The molecule has 0 N–H and O–H groups in total. The zero-order valence-corrected chi connectivity index (χ0v) is 10.7. The van der Waals surface area contributed by atoms with Crippen LogP contribution in [0.2, 0.25) is 5.02 Å². The smallest absolute Gasteiger partial charge is 0.138 e. The monoisotopic (exact) mass is 276 g/mol. The van der Waals surface area contributed by atoms with Gasteiger partial charge in [-0.05, 0) is 24.3 Å². The Morgan fingerprint density at radius 1 is 1.11 bits per heavy atom. The van der Waals surface area contributed by atoms with Crippen molar-refractivity contribution in [2.24, 2.45) is 0 Å². The van der Waals surface area contributed by atoms with Crippen molar-refractivity contribution in [2.75, 3.05) is 0 Å². The van der Waals surface area contributed by atoms with Crippen molar-refractivity contribution in [3.05, 3.63) is 65.1 Å². The van der Waals surface area contributed by atoms with E-state index in [0.29, 0.717) is 27.3 Å². The lowest BCUT2D eigenvalue weighted by atomic mass is 10.2. The zero-order chi connectivity index (χ0) is 13.2. The van der Waals surface area contributed by atoms with Crippen molar-refractivity contribution in [3.63, 3.8) is 0 Å². The standard InChI is InChI=1S/C15H10ClFO2/c16-11-4-1-2-6-13(11)18-8-10-9-19-14-7-3-5-12(17)15(10)14/h1-7,9H,8H2. The molecule has 1 heterocycles. The summed E-state index contributed by atoms with van der Waals surface area (Å²) in [5, 5.41) is 0.977. The fourth-order valence-electron chi connectivity index (χ4n) is 1.93. The maximum atomic E-state index is 13.7. The Hall–Kier alpha value is -2.00. The largest absolute Gasteiger partial charge is 0.487 e. The molecular formula is C15H10ClFO2. The van der Waals surface area contributed by atoms with Gasteiger partial charge in [-0.3, -0.25) is 0 Å². The molecule has 1 aromatic heterocycles. The second kappa shape index (κ2) is 4.94. The Morgan fingerprint density at radius 2 is 1.95 bits per heavy atom. The van der Waals surface area contributed by atoms with E-state index in [1.165, 1.54) is 12.3 Å². The number of ether oxygens (including phenoxy) is 1. The van der Waals surface area contributed by atoms with Gasteiger partial charge in [-0.1, -0.05) is 29.8 Å². The van der Waals surface area contributed by atoms with Gasteiger partial charge >= 0.3 is 0 Å². The second-order valence-corrected chi connectivity index (χ2v) is 4.50. The summed E-state index contributed by atoms with van der Waals surface area (Å²) in [5.74, 6) is 0.249. The van der Waals surface area contributed by atoms with Gasteiger partial charge in [-0.2, -0.15) is 0 Å². The molecule has 96 valence electrons. The highest BCUT2D eigenvalue weighted by Gasteiger charge is 2.11. The van der Waals surface area contributed by atoms with E-state index in [1.807, 2.05) is 12.1 Å². The van der Waals surface area contributed by atoms with Gasteiger partial charge in [0.1, 0.15) is 23.8 Å². The van der Waals surface area contributed by atoms with Crippen LogP contribution in [-0.2, 0) is 6.61 Å². The van der Waals surface area contributed by atoms with Crippen molar-refractivity contribution < 1.29 is 13.5 Å². The second-order valence-electron chi connectivity index (χ2n) is 4.09. The first-order valence-corrected chi connectivity index (χ1v) is 6.15. The van der Waals surface area contributed by atoms with Crippen LogP contribution in [0.15, 0.2) is 53.1 Å². The highest BCUT2D eigenvalue weighted by molar-refractivity contribution is 6.32. The Labute approximate surface area is 114 Å². The molecule has 4 heteroatoms. The molecule has 0 radical (unpaired) electrons. The van der Waals surface area contributed by atoms with E-state index in [4.69, 9.17) is 20.8 Å². The summed E-state index contributed by atoms with van der Waals surface area (Å²) in [6.45, 7) is 0.206. The van der Waals surface area contributed by atoms with E-state index in [-0.39, 0.29) is 12.4 Å². The molecule has 0 bridgehead atoms. The molecule has 3 aromatic rings. The third kappa shape index (κ3) is 2.29. The molecule has 2 aromatic carbocycles. The fraction of sp³-hybridized carbons (Fsp3) is 0.0667. The number of benzene rings is 2. The fourth-order valence-corrected chi connectivity index (χ4v) is 2.12. The van der Waals surface area contributed by atoms with Crippen LogP contribution in [0.4, 0.5) is 4.39 Å². The molecule has 0 atom stereocenters. The number of furan rings is 1. The van der Waals surface area contributed by atoms with Crippen LogP contribution >= 0.6 is 11.6 Å². The zero-order valence-electron chi connectivity index (χ0n) is 9.90. The van der Waals surface area contributed by atoms with Crippen LogP contribution < -0.4 is 4.74 Å². The number of hydrogen-bond acceptors (Lipinski definition) is 2. The lowest BCUT2D eigenvalue weighted by Crippen LogP contribution is -1.95. The van der Waals surface area contributed by atoms with E-state index in [0.717, 1.165) is 0 Å². The molecule has 0 aliphatic carbocycles. The molecule has 0 amide bonds. The van der Waals surface area contributed by atoms with Gasteiger partial charge in [-0.25, -0.2) is 4.39 Å². The van der Waals surface area contributed by atoms with Gasteiger partial charge in [0, 0.05) is 5.56 Å². The van der Waals surface area contributed by atoms with Crippen LogP contribution in [0.3, 0.4) is 0 Å². The highest BCUT2D eigenvalue weighted by Crippen LogP contribution is 2.28. The van der Waals surface area contributed by atoms with Crippen LogP contribution in [-0.4, -0.2) is 0 Å². The number of rotatable bonds is 3. The van der Waals surface area contributed by atoms with Gasteiger partial charge in [0.2, 0.25) is 0 Å². The topological polar surface area (TPSA) is 22.4 Å². The van der Waals surface area contributed by atoms with E-state index >= 15 is 0 Å². The quantitative estimate of drug-likeness (QED) is 0.685. The lowest BCUT2D eigenvalue weighted by Gasteiger charge is -2.06. The van der Waals surface area contributed by atoms with E-state index < -0.39 is 0 Å². The van der Waals surface area contributed by atoms with E-state index in [9.17, 15) is 4.39 Å². The number of halogens is 2. The Bertz CT molecular complexity index is 721. The summed E-state index contributed by atoms with van der Waals surface area (Å²) in [6, 6.07) is 11.9. The normalized spacial score (nSPS) is 10.8. The summed E-state index contributed by atoms with van der Waals surface area (Å²) in [4.78, 5) is 0. The molecule has 3 rings (SSSR count). The molecule has 0 aliphatic rings. The van der Waals surface area contributed by atoms with Crippen LogP contribution in [0.25, 0.3) is 11.0 Å². The third-order valence-electron chi connectivity index (χ3n) is 2.84. The van der Waals surface area contributed by atoms with Crippen LogP contribution in [0.1, 0.15) is 5.56 Å². The molecular weight excluding hydrogens is 267 g/mol. The molecule has 0 unspecified atom stereocenters. The summed E-state index contributed by atoms with van der Waals surface area (Å²) in [6.07, 6.45) is 1.50. The van der Waals surface area contributed by atoms with Gasteiger partial charge < -0.3 is 9.15 Å². The summed E-state index contributed by atoms with van der Waals surface area (Å²) in [5.41, 5.74) is 1.17. The first-order chi connectivity index (χ1) is 9.25. The third-order valence-corrected chi connectivity index (χ3v) is 3.16. The first-order valence-electron chi connectivity index (χ1n) is 5.77. The van der Waals surface area contributed by atoms with Crippen molar-refractivity contribution >= 4 is 22.6 Å². The summed E-state index contributed by atoms with van der Waals surface area (Å²) >= 11 is 5.99. The van der Waals surface area contributed by atoms with Gasteiger partial charge in [0.15, 0.2) is 0 Å². The molecule has 0 saturated heterocycles. The van der Waals surface area contributed by atoms with E-state index in [1.54, 1.807) is 24.3 Å². The first kappa shape index (κ1) is 12.1. The van der Waals surface area contributed by atoms with Crippen LogP contribution in [0.5, 0.6) is 5.75 Å². The minimum Gasteiger partial charge on any atom is -0.487 e. The van der Waals surface area contributed by atoms with Crippen LogP contribution in [0, 0.1) is 5.82 Å². The SMILES string of the molecule is Fc1cccc2occ(COc3ccccc3Cl)c12. The average Bonchev–Trinajstić information content (AvgIpc) is 2.83. The van der Waals surface area contributed by atoms with Crippen molar-refractivity contribution in [1.82, 2.24) is 0 Å². The Morgan fingerprint density at radius 3 is 2.79 bits per heavy atom. The average molecular weight is 277 g/mol. The Kier molecular flexibility index (Phi) is 3.13. The highest BCUT2D eigenvalue weighted by atomic mass is 35.5. The molecule has 0 aliphatic heterocycles. The lowest BCUT2D eigenvalue weighted by molar-refractivity contribution is 0.306. The molecule has 2 nitrogen and oxygen atoms in total.